The molecule has 1 aliphatic carbocycles. The van der Waals surface area contributed by atoms with Crippen molar-refractivity contribution in [2.24, 2.45) is 0 Å². The summed E-state index contributed by atoms with van der Waals surface area (Å²) in [6.07, 6.45) is 2.74. The number of rotatable bonds is 2. The average Bonchev–Trinajstić information content (AvgIpc) is 2.75. The second-order valence-electron chi connectivity index (χ2n) is 4.68. The summed E-state index contributed by atoms with van der Waals surface area (Å²) in [5.74, 6) is -1.28. The van der Waals surface area contributed by atoms with E-state index in [1.807, 2.05) is 18.2 Å². The SMILES string of the molecule is Nc1ccc2c(c1)CCC2Nc1ncc(F)cc1F. The molecular formula is C14H13F2N3. The van der Waals surface area contributed by atoms with Gasteiger partial charge in [0.15, 0.2) is 11.6 Å². The Balaban J connectivity index is 1.86. The highest BCUT2D eigenvalue weighted by atomic mass is 19.1. The first kappa shape index (κ1) is 11.9. The Hall–Kier alpha value is -2.17. The number of benzene rings is 1. The summed E-state index contributed by atoms with van der Waals surface area (Å²) in [6.45, 7) is 0. The maximum absolute atomic E-state index is 13.6. The molecule has 0 spiro atoms. The van der Waals surface area contributed by atoms with E-state index in [4.69, 9.17) is 5.73 Å². The molecule has 1 heterocycles. The zero-order chi connectivity index (χ0) is 13.4. The lowest BCUT2D eigenvalue weighted by molar-refractivity contribution is 0.572. The van der Waals surface area contributed by atoms with Gasteiger partial charge in [-0.05, 0) is 36.1 Å². The van der Waals surface area contributed by atoms with E-state index in [0.717, 1.165) is 36.4 Å². The Morgan fingerprint density at radius 2 is 2.11 bits per heavy atom. The van der Waals surface area contributed by atoms with Gasteiger partial charge in [0.1, 0.15) is 5.82 Å². The van der Waals surface area contributed by atoms with Gasteiger partial charge in [0, 0.05) is 11.8 Å². The minimum absolute atomic E-state index is 0.0111. The molecule has 0 saturated heterocycles. The Bertz CT molecular complexity index is 628. The molecule has 0 saturated carbocycles. The molecule has 1 aliphatic rings. The average molecular weight is 261 g/mol. The summed E-state index contributed by atoms with van der Waals surface area (Å²) >= 11 is 0. The Kier molecular flexibility index (Phi) is 2.81. The fraction of sp³-hybridized carbons (Fsp3) is 0.214. The van der Waals surface area contributed by atoms with Crippen molar-refractivity contribution in [1.29, 1.82) is 0 Å². The Labute approximate surface area is 109 Å². The molecule has 5 heteroatoms. The number of nitrogen functional groups attached to an aromatic ring is 1. The summed E-state index contributed by atoms with van der Waals surface area (Å²) in [7, 11) is 0. The molecule has 0 radical (unpaired) electrons. The molecule has 1 unspecified atom stereocenters. The zero-order valence-electron chi connectivity index (χ0n) is 10.2. The second-order valence-corrected chi connectivity index (χ2v) is 4.68. The van der Waals surface area contributed by atoms with Crippen LogP contribution in [-0.4, -0.2) is 4.98 Å². The third-order valence-electron chi connectivity index (χ3n) is 3.36. The molecule has 1 aromatic heterocycles. The van der Waals surface area contributed by atoms with Gasteiger partial charge in [-0.1, -0.05) is 6.07 Å². The van der Waals surface area contributed by atoms with E-state index in [1.165, 1.54) is 5.56 Å². The van der Waals surface area contributed by atoms with Crippen LogP contribution in [0.5, 0.6) is 0 Å². The van der Waals surface area contributed by atoms with Gasteiger partial charge in [-0.25, -0.2) is 13.8 Å². The first-order chi connectivity index (χ1) is 9.13. The fourth-order valence-electron chi connectivity index (χ4n) is 2.47. The number of pyridine rings is 1. The van der Waals surface area contributed by atoms with Crippen molar-refractivity contribution >= 4 is 11.5 Å². The lowest BCUT2D eigenvalue weighted by Gasteiger charge is -2.15. The first-order valence-electron chi connectivity index (χ1n) is 6.09. The number of anilines is 2. The van der Waals surface area contributed by atoms with E-state index in [1.54, 1.807) is 0 Å². The minimum Gasteiger partial charge on any atom is -0.399 e. The quantitative estimate of drug-likeness (QED) is 0.817. The van der Waals surface area contributed by atoms with Crippen molar-refractivity contribution in [1.82, 2.24) is 4.98 Å². The van der Waals surface area contributed by atoms with Crippen LogP contribution in [0.3, 0.4) is 0 Å². The maximum Gasteiger partial charge on any atom is 0.168 e. The van der Waals surface area contributed by atoms with Gasteiger partial charge in [-0.15, -0.1) is 0 Å². The molecular weight excluding hydrogens is 248 g/mol. The standard InChI is InChI=1S/C14H13F2N3/c15-9-6-12(16)14(18-7-9)19-13-4-1-8-5-10(17)2-3-11(8)13/h2-3,5-7,13H,1,4,17H2,(H,18,19). The molecule has 98 valence electrons. The smallest absolute Gasteiger partial charge is 0.168 e. The van der Waals surface area contributed by atoms with Gasteiger partial charge in [0.2, 0.25) is 0 Å². The summed E-state index contributed by atoms with van der Waals surface area (Å²) in [4.78, 5) is 3.75. The van der Waals surface area contributed by atoms with Crippen molar-refractivity contribution in [3.05, 3.63) is 53.2 Å². The number of halogens is 2. The topological polar surface area (TPSA) is 50.9 Å². The van der Waals surface area contributed by atoms with E-state index < -0.39 is 11.6 Å². The number of nitrogens with zero attached hydrogens (tertiary/aromatic N) is 1. The van der Waals surface area contributed by atoms with Crippen LogP contribution in [0.1, 0.15) is 23.6 Å². The molecule has 0 bridgehead atoms. The van der Waals surface area contributed by atoms with Gasteiger partial charge in [0.25, 0.3) is 0 Å². The van der Waals surface area contributed by atoms with Crippen LogP contribution >= 0.6 is 0 Å². The number of aryl methyl sites for hydroxylation is 1. The van der Waals surface area contributed by atoms with Crippen molar-refractivity contribution in [3.63, 3.8) is 0 Å². The van der Waals surface area contributed by atoms with Crippen LogP contribution in [0.4, 0.5) is 20.3 Å². The molecule has 0 fully saturated rings. The zero-order valence-corrected chi connectivity index (χ0v) is 10.2. The number of hydrogen-bond acceptors (Lipinski definition) is 3. The van der Waals surface area contributed by atoms with E-state index in [-0.39, 0.29) is 11.9 Å². The third kappa shape index (κ3) is 2.23. The van der Waals surface area contributed by atoms with Gasteiger partial charge >= 0.3 is 0 Å². The normalized spacial score (nSPS) is 17.3. The lowest BCUT2D eigenvalue weighted by atomic mass is 10.1. The number of fused-ring (bicyclic) bond motifs is 1. The van der Waals surface area contributed by atoms with Crippen molar-refractivity contribution in [2.45, 2.75) is 18.9 Å². The van der Waals surface area contributed by atoms with Crippen LogP contribution in [-0.2, 0) is 6.42 Å². The summed E-state index contributed by atoms with van der Waals surface area (Å²) in [5.41, 5.74) is 8.73. The van der Waals surface area contributed by atoms with Crippen molar-refractivity contribution < 1.29 is 8.78 Å². The van der Waals surface area contributed by atoms with Crippen LogP contribution in [0.25, 0.3) is 0 Å². The number of aromatic nitrogens is 1. The number of nitrogens with one attached hydrogen (secondary N) is 1. The van der Waals surface area contributed by atoms with E-state index in [0.29, 0.717) is 0 Å². The first-order valence-corrected chi connectivity index (χ1v) is 6.09. The second kappa shape index (κ2) is 4.50. The molecule has 1 aromatic carbocycles. The predicted octanol–water partition coefficient (Wildman–Crippen LogP) is 3.04. The third-order valence-corrected chi connectivity index (χ3v) is 3.36. The molecule has 0 amide bonds. The Morgan fingerprint density at radius 1 is 1.26 bits per heavy atom. The maximum atomic E-state index is 13.6. The van der Waals surface area contributed by atoms with Crippen LogP contribution in [0.2, 0.25) is 0 Å². The highest BCUT2D eigenvalue weighted by Gasteiger charge is 2.23. The predicted molar refractivity (Wildman–Crippen MR) is 69.7 cm³/mol. The lowest BCUT2D eigenvalue weighted by Crippen LogP contribution is -2.10. The number of nitrogens with two attached hydrogens (primary N) is 1. The molecule has 3 nitrogen and oxygen atoms in total. The van der Waals surface area contributed by atoms with Gasteiger partial charge in [-0.2, -0.15) is 0 Å². The molecule has 1 atom stereocenters. The van der Waals surface area contributed by atoms with Crippen LogP contribution in [0.15, 0.2) is 30.5 Å². The van der Waals surface area contributed by atoms with E-state index in [9.17, 15) is 8.78 Å². The van der Waals surface area contributed by atoms with E-state index >= 15 is 0 Å². The van der Waals surface area contributed by atoms with Crippen LogP contribution < -0.4 is 11.1 Å². The fourth-order valence-corrected chi connectivity index (χ4v) is 2.47. The highest BCUT2D eigenvalue weighted by Crippen LogP contribution is 2.34. The molecule has 0 aliphatic heterocycles. The molecule has 3 rings (SSSR count). The summed E-state index contributed by atoms with van der Waals surface area (Å²) < 4.78 is 26.4. The molecule has 3 N–H and O–H groups in total. The summed E-state index contributed by atoms with van der Waals surface area (Å²) in [6, 6.07) is 6.52. The largest absolute Gasteiger partial charge is 0.399 e. The van der Waals surface area contributed by atoms with E-state index in [2.05, 4.69) is 10.3 Å². The van der Waals surface area contributed by atoms with Gasteiger partial charge in [-0.3, -0.25) is 0 Å². The van der Waals surface area contributed by atoms with Crippen LogP contribution in [0, 0.1) is 11.6 Å². The molecule has 19 heavy (non-hydrogen) atoms. The van der Waals surface area contributed by atoms with Crippen molar-refractivity contribution in [3.8, 4) is 0 Å². The van der Waals surface area contributed by atoms with Gasteiger partial charge in [0.05, 0.1) is 12.2 Å². The van der Waals surface area contributed by atoms with Crippen molar-refractivity contribution in [2.75, 3.05) is 11.1 Å². The Morgan fingerprint density at radius 3 is 2.89 bits per heavy atom. The monoisotopic (exact) mass is 261 g/mol. The molecule has 2 aromatic rings. The number of hydrogen-bond donors (Lipinski definition) is 2. The minimum atomic E-state index is -0.678. The van der Waals surface area contributed by atoms with Gasteiger partial charge < -0.3 is 11.1 Å². The summed E-state index contributed by atoms with van der Waals surface area (Å²) in [5, 5.41) is 3.02. The highest BCUT2D eigenvalue weighted by molar-refractivity contribution is 5.50.